The molecule has 1 aromatic carbocycles. The molecule has 1 aliphatic heterocycles. The molecule has 1 heterocycles. The number of imide groups is 1. The van der Waals surface area contributed by atoms with Crippen LogP contribution in [0.3, 0.4) is 0 Å². The van der Waals surface area contributed by atoms with Crippen molar-refractivity contribution in [3.63, 3.8) is 0 Å². The van der Waals surface area contributed by atoms with Crippen molar-refractivity contribution in [3.8, 4) is 0 Å². The van der Waals surface area contributed by atoms with Crippen molar-refractivity contribution >= 4 is 18.0 Å². The van der Waals surface area contributed by atoms with Gasteiger partial charge in [-0.3, -0.25) is 4.79 Å². The highest BCUT2D eigenvalue weighted by atomic mass is 16.6. The number of amides is 2. The first-order valence-electron chi connectivity index (χ1n) is 7.75. The van der Waals surface area contributed by atoms with Crippen LogP contribution in [-0.4, -0.2) is 47.2 Å². The number of rotatable bonds is 3. The lowest BCUT2D eigenvalue weighted by molar-refractivity contribution is -0.144. The molecule has 1 unspecified atom stereocenters. The number of ether oxygens (including phenoxy) is 2. The van der Waals surface area contributed by atoms with Crippen molar-refractivity contribution in [3.05, 3.63) is 35.9 Å². The molecule has 2 rings (SSSR count). The van der Waals surface area contributed by atoms with Crippen LogP contribution in [0.2, 0.25) is 0 Å². The van der Waals surface area contributed by atoms with Crippen LogP contribution in [0.4, 0.5) is 4.79 Å². The van der Waals surface area contributed by atoms with Crippen molar-refractivity contribution in [1.29, 1.82) is 0 Å². The van der Waals surface area contributed by atoms with Crippen molar-refractivity contribution in [2.45, 2.75) is 44.9 Å². The Kier molecular flexibility index (Phi) is 5.23. The molecular weight excluding hydrogens is 312 g/mol. The number of carbonyl (C=O) groups is 3. The van der Waals surface area contributed by atoms with E-state index in [4.69, 9.17) is 15.2 Å². The minimum absolute atomic E-state index is 0.129. The second-order valence-electron chi connectivity index (χ2n) is 6.57. The zero-order chi connectivity index (χ0) is 17.9. The van der Waals surface area contributed by atoms with E-state index < -0.39 is 35.7 Å². The highest BCUT2D eigenvalue weighted by Crippen LogP contribution is 2.24. The molecule has 1 aliphatic rings. The fourth-order valence-corrected chi connectivity index (χ4v) is 2.37. The van der Waals surface area contributed by atoms with E-state index in [0.717, 1.165) is 4.90 Å². The molecule has 0 bridgehead atoms. The molecule has 0 aromatic heterocycles. The number of nitrogens with zero attached hydrogens (tertiary/aromatic N) is 1. The van der Waals surface area contributed by atoms with Gasteiger partial charge in [0.15, 0.2) is 0 Å². The molecule has 7 nitrogen and oxygen atoms in total. The summed E-state index contributed by atoms with van der Waals surface area (Å²) in [5, 5.41) is 0. The Morgan fingerprint density at radius 2 is 1.92 bits per heavy atom. The highest BCUT2D eigenvalue weighted by Gasteiger charge is 2.44. The molecule has 1 fully saturated rings. The molecule has 24 heavy (non-hydrogen) atoms. The Balaban J connectivity index is 2.33. The summed E-state index contributed by atoms with van der Waals surface area (Å²) in [6, 6.07) is 7.21. The average molecular weight is 334 g/mol. The molecule has 1 aromatic rings. The predicted octanol–water partition coefficient (Wildman–Crippen LogP) is 1.71. The predicted molar refractivity (Wildman–Crippen MR) is 86.2 cm³/mol. The molecule has 0 spiro atoms. The van der Waals surface area contributed by atoms with Crippen LogP contribution in [0.5, 0.6) is 0 Å². The molecule has 0 radical (unpaired) electrons. The van der Waals surface area contributed by atoms with Crippen LogP contribution >= 0.6 is 0 Å². The maximum absolute atomic E-state index is 12.8. The summed E-state index contributed by atoms with van der Waals surface area (Å²) in [6.45, 7) is 5.19. The van der Waals surface area contributed by atoms with Gasteiger partial charge in [-0.15, -0.1) is 0 Å². The van der Waals surface area contributed by atoms with Gasteiger partial charge in [0.05, 0.1) is 0 Å². The Labute approximate surface area is 140 Å². The number of nitrogens with two attached hydrogens (primary N) is 1. The number of benzene rings is 1. The van der Waals surface area contributed by atoms with Gasteiger partial charge in [0, 0.05) is 18.5 Å². The monoisotopic (exact) mass is 334 g/mol. The normalized spacial score (nSPS) is 20.4. The fraction of sp³-hybridized carbons (Fsp3) is 0.471. The lowest BCUT2D eigenvalue weighted by atomic mass is 10.1. The molecule has 1 saturated heterocycles. The largest absolute Gasteiger partial charge is 0.459 e. The molecule has 0 aliphatic carbocycles. The number of esters is 1. The summed E-state index contributed by atoms with van der Waals surface area (Å²) >= 11 is 0. The highest BCUT2D eigenvalue weighted by molar-refractivity contribution is 6.05. The van der Waals surface area contributed by atoms with E-state index in [1.807, 2.05) is 0 Å². The quantitative estimate of drug-likeness (QED) is 0.845. The lowest BCUT2D eigenvalue weighted by Gasteiger charge is -2.28. The Morgan fingerprint density at radius 1 is 1.29 bits per heavy atom. The van der Waals surface area contributed by atoms with Crippen molar-refractivity contribution in [2.75, 3.05) is 6.54 Å². The first-order chi connectivity index (χ1) is 11.2. The zero-order valence-electron chi connectivity index (χ0n) is 14.0. The molecule has 2 atom stereocenters. The van der Waals surface area contributed by atoms with Gasteiger partial charge >= 0.3 is 12.1 Å². The molecule has 0 saturated carbocycles. The average Bonchev–Trinajstić information content (AvgIpc) is 2.87. The van der Waals surface area contributed by atoms with Gasteiger partial charge in [-0.2, -0.15) is 0 Å². The summed E-state index contributed by atoms with van der Waals surface area (Å²) in [5.74, 6) is -1.26. The maximum Gasteiger partial charge on any atom is 0.418 e. The topological polar surface area (TPSA) is 98.9 Å². The van der Waals surface area contributed by atoms with Crippen molar-refractivity contribution in [1.82, 2.24) is 4.90 Å². The maximum atomic E-state index is 12.8. The third-order valence-electron chi connectivity index (χ3n) is 3.45. The van der Waals surface area contributed by atoms with Gasteiger partial charge < -0.3 is 15.2 Å². The van der Waals surface area contributed by atoms with Crippen LogP contribution in [0.15, 0.2) is 30.3 Å². The second-order valence-corrected chi connectivity index (χ2v) is 6.57. The van der Waals surface area contributed by atoms with Crippen LogP contribution in [0.25, 0.3) is 0 Å². The second kappa shape index (κ2) is 7.00. The van der Waals surface area contributed by atoms with Gasteiger partial charge in [0.25, 0.3) is 5.91 Å². The lowest BCUT2D eigenvalue weighted by Crippen LogP contribution is -2.49. The standard InChI is InChI=1S/C17H22N2O5/c1-17(2,3)24-16(22)19(13-9-12(10-18)23-15(13)21)14(20)11-7-5-4-6-8-11/h4-8,12-13H,9-10,18H2,1-3H3/t12?,13-/m0/s1. The smallest absolute Gasteiger partial charge is 0.418 e. The Morgan fingerprint density at radius 3 is 2.42 bits per heavy atom. The van der Waals surface area contributed by atoms with E-state index in [1.165, 1.54) is 0 Å². The Hall–Kier alpha value is -2.41. The van der Waals surface area contributed by atoms with Crippen molar-refractivity contribution in [2.24, 2.45) is 5.73 Å². The first kappa shape index (κ1) is 17.9. The van der Waals surface area contributed by atoms with Crippen LogP contribution in [0, 0.1) is 0 Å². The Bertz CT molecular complexity index is 624. The number of hydrogen-bond acceptors (Lipinski definition) is 6. The summed E-state index contributed by atoms with van der Waals surface area (Å²) in [4.78, 5) is 38.3. The first-order valence-corrected chi connectivity index (χ1v) is 7.75. The van der Waals surface area contributed by atoms with Crippen molar-refractivity contribution < 1.29 is 23.9 Å². The number of hydrogen-bond donors (Lipinski definition) is 1. The number of cyclic esters (lactones) is 1. The van der Waals surface area contributed by atoms with Crippen LogP contribution in [-0.2, 0) is 14.3 Å². The fourth-order valence-electron chi connectivity index (χ4n) is 2.37. The molecule has 2 N–H and O–H groups in total. The minimum Gasteiger partial charge on any atom is -0.459 e. The number of carbonyl (C=O) groups excluding carboxylic acids is 3. The van der Waals surface area contributed by atoms with E-state index in [9.17, 15) is 14.4 Å². The SMILES string of the molecule is CC(C)(C)OC(=O)N(C(=O)c1ccccc1)[C@H]1CC(CN)OC1=O. The van der Waals surface area contributed by atoms with E-state index in [-0.39, 0.29) is 18.5 Å². The summed E-state index contributed by atoms with van der Waals surface area (Å²) in [7, 11) is 0. The van der Waals surface area contributed by atoms with Crippen LogP contribution in [0.1, 0.15) is 37.6 Å². The third kappa shape index (κ3) is 4.11. The minimum atomic E-state index is -1.04. The van der Waals surface area contributed by atoms with E-state index in [1.54, 1.807) is 51.1 Å². The van der Waals surface area contributed by atoms with E-state index in [0.29, 0.717) is 0 Å². The molecular formula is C17H22N2O5. The summed E-state index contributed by atoms with van der Waals surface area (Å²) in [5.41, 5.74) is 5.01. The van der Waals surface area contributed by atoms with Gasteiger partial charge in [0.2, 0.25) is 0 Å². The van der Waals surface area contributed by atoms with E-state index >= 15 is 0 Å². The van der Waals surface area contributed by atoms with Gasteiger partial charge in [-0.25, -0.2) is 14.5 Å². The summed E-state index contributed by atoms with van der Waals surface area (Å²) < 4.78 is 10.4. The van der Waals surface area contributed by atoms with Gasteiger partial charge in [-0.05, 0) is 32.9 Å². The van der Waals surface area contributed by atoms with Gasteiger partial charge in [0.1, 0.15) is 17.7 Å². The van der Waals surface area contributed by atoms with Crippen LogP contribution < -0.4 is 5.73 Å². The molecule has 130 valence electrons. The molecule has 2 amide bonds. The zero-order valence-corrected chi connectivity index (χ0v) is 14.0. The molecule has 7 heteroatoms. The van der Waals surface area contributed by atoms with E-state index in [2.05, 4.69) is 0 Å². The summed E-state index contributed by atoms with van der Waals surface area (Å²) in [6.07, 6.45) is -1.24. The third-order valence-corrected chi connectivity index (χ3v) is 3.45. The van der Waals surface area contributed by atoms with Gasteiger partial charge in [-0.1, -0.05) is 18.2 Å².